The van der Waals surface area contributed by atoms with Crippen LogP contribution in [0.25, 0.3) is 0 Å². The molecule has 1 aliphatic carbocycles. The van der Waals surface area contributed by atoms with Crippen molar-refractivity contribution < 1.29 is 0 Å². The van der Waals surface area contributed by atoms with Crippen molar-refractivity contribution in [3.05, 3.63) is 6.20 Å². The molecule has 0 radical (unpaired) electrons. The molecule has 3 rings (SSSR count). The van der Waals surface area contributed by atoms with E-state index < -0.39 is 0 Å². The molecular weight excluding hydrogens is 252 g/mol. The molecule has 1 atom stereocenters. The highest BCUT2D eigenvalue weighted by Gasteiger charge is 2.35. The smallest absolute Gasteiger partial charge is 0.239 e. The number of hydrazine groups is 1. The molecule has 1 aliphatic heterocycles. The van der Waals surface area contributed by atoms with Crippen molar-refractivity contribution in [3.8, 4) is 0 Å². The molecule has 1 aromatic heterocycles. The van der Waals surface area contributed by atoms with Gasteiger partial charge in [0.1, 0.15) is 0 Å². The SMILES string of the molecule is CCC1CN(C)c2cnc(NN)nc2N1C1CCCC1. The minimum atomic E-state index is 0.497. The Hall–Kier alpha value is -1.56. The summed E-state index contributed by atoms with van der Waals surface area (Å²) in [5.41, 5.74) is 3.68. The summed E-state index contributed by atoms with van der Waals surface area (Å²) in [6, 6.07) is 1.14. The maximum Gasteiger partial charge on any atom is 0.239 e. The molecule has 0 saturated heterocycles. The van der Waals surface area contributed by atoms with Crippen molar-refractivity contribution in [3.63, 3.8) is 0 Å². The van der Waals surface area contributed by atoms with Crippen molar-refractivity contribution >= 4 is 17.5 Å². The van der Waals surface area contributed by atoms with Gasteiger partial charge in [-0.25, -0.2) is 10.8 Å². The van der Waals surface area contributed by atoms with Crippen LogP contribution in [-0.4, -0.2) is 35.6 Å². The second kappa shape index (κ2) is 5.44. The van der Waals surface area contributed by atoms with E-state index in [2.05, 4.69) is 39.2 Å². The Balaban J connectivity index is 2.03. The van der Waals surface area contributed by atoms with Gasteiger partial charge in [0.15, 0.2) is 5.82 Å². The number of aromatic nitrogens is 2. The highest BCUT2D eigenvalue weighted by atomic mass is 15.4. The largest absolute Gasteiger partial charge is 0.368 e. The summed E-state index contributed by atoms with van der Waals surface area (Å²) in [6.45, 7) is 3.30. The van der Waals surface area contributed by atoms with E-state index in [1.165, 1.54) is 25.7 Å². The molecule has 20 heavy (non-hydrogen) atoms. The lowest BCUT2D eigenvalue weighted by molar-refractivity contribution is 0.476. The van der Waals surface area contributed by atoms with Crippen molar-refractivity contribution in [2.75, 3.05) is 28.8 Å². The summed E-state index contributed by atoms with van der Waals surface area (Å²) < 4.78 is 0. The van der Waals surface area contributed by atoms with E-state index >= 15 is 0 Å². The van der Waals surface area contributed by atoms with Crippen molar-refractivity contribution in [1.82, 2.24) is 9.97 Å². The number of hydrogen-bond acceptors (Lipinski definition) is 6. The number of nitrogens with two attached hydrogens (primary N) is 1. The molecule has 110 valence electrons. The van der Waals surface area contributed by atoms with Crippen LogP contribution in [0, 0.1) is 0 Å². The van der Waals surface area contributed by atoms with Crippen LogP contribution in [0.2, 0.25) is 0 Å². The first-order valence-corrected chi connectivity index (χ1v) is 7.57. The van der Waals surface area contributed by atoms with E-state index in [9.17, 15) is 0 Å². The number of nitrogens with one attached hydrogen (secondary N) is 1. The predicted molar refractivity (Wildman–Crippen MR) is 81.9 cm³/mol. The molecule has 6 nitrogen and oxygen atoms in total. The molecule has 1 saturated carbocycles. The van der Waals surface area contributed by atoms with Gasteiger partial charge in [-0.2, -0.15) is 4.98 Å². The third kappa shape index (κ3) is 2.18. The Kier molecular flexibility index (Phi) is 3.65. The zero-order valence-electron chi connectivity index (χ0n) is 12.3. The van der Waals surface area contributed by atoms with E-state index in [0.717, 1.165) is 24.5 Å². The van der Waals surface area contributed by atoms with Crippen LogP contribution in [0.5, 0.6) is 0 Å². The second-order valence-electron chi connectivity index (χ2n) is 5.83. The topological polar surface area (TPSA) is 70.3 Å². The normalized spacial score (nSPS) is 23.1. The van der Waals surface area contributed by atoms with Crippen LogP contribution in [0.15, 0.2) is 6.20 Å². The standard InChI is InChI=1S/C14H24N6/c1-3-10-9-19(2)12-8-16-14(18-15)17-13(12)20(10)11-6-4-5-7-11/h8,10-11H,3-7,9,15H2,1-2H3,(H,16,17,18). The number of hydrogen-bond donors (Lipinski definition) is 2. The first-order chi connectivity index (χ1) is 9.74. The van der Waals surface area contributed by atoms with E-state index in [4.69, 9.17) is 5.84 Å². The molecule has 1 aromatic rings. The molecular formula is C14H24N6. The fraction of sp³-hybridized carbons (Fsp3) is 0.714. The summed E-state index contributed by atoms with van der Waals surface area (Å²) in [5.74, 6) is 7.02. The average molecular weight is 276 g/mol. The van der Waals surface area contributed by atoms with Crippen LogP contribution in [-0.2, 0) is 0 Å². The number of likely N-dealkylation sites (N-methyl/N-ethyl adjacent to an activating group) is 1. The fourth-order valence-corrected chi connectivity index (χ4v) is 3.55. The third-order valence-corrected chi connectivity index (χ3v) is 4.60. The zero-order valence-corrected chi connectivity index (χ0v) is 12.3. The van der Waals surface area contributed by atoms with Gasteiger partial charge in [0.25, 0.3) is 0 Å². The number of nitrogen functional groups attached to an aromatic ring is 1. The van der Waals surface area contributed by atoms with Crippen LogP contribution >= 0.6 is 0 Å². The summed E-state index contributed by atoms with van der Waals surface area (Å²) >= 11 is 0. The number of nitrogens with zero attached hydrogens (tertiary/aromatic N) is 4. The number of anilines is 3. The van der Waals surface area contributed by atoms with E-state index in [-0.39, 0.29) is 0 Å². The van der Waals surface area contributed by atoms with Gasteiger partial charge in [-0.05, 0) is 19.3 Å². The predicted octanol–water partition coefficient (Wildman–Crippen LogP) is 1.74. The Labute approximate surface area is 120 Å². The lowest BCUT2D eigenvalue weighted by atomic mass is 10.0. The van der Waals surface area contributed by atoms with Crippen LogP contribution < -0.4 is 21.1 Å². The summed E-state index contributed by atoms with van der Waals surface area (Å²) in [6.07, 6.45) is 8.22. The molecule has 0 amide bonds. The van der Waals surface area contributed by atoms with Gasteiger partial charge < -0.3 is 9.80 Å². The highest BCUT2D eigenvalue weighted by Crippen LogP contribution is 2.38. The molecule has 1 fully saturated rings. The van der Waals surface area contributed by atoms with Gasteiger partial charge >= 0.3 is 0 Å². The Morgan fingerprint density at radius 1 is 1.40 bits per heavy atom. The van der Waals surface area contributed by atoms with Gasteiger partial charge in [-0.15, -0.1) is 0 Å². The molecule has 1 unspecified atom stereocenters. The highest BCUT2D eigenvalue weighted by molar-refractivity contribution is 5.70. The number of rotatable bonds is 3. The van der Waals surface area contributed by atoms with Crippen molar-refractivity contribution in [2.24, 2.45) is 5.84 Å². The van der Waals surface area contributed by atoms with E-state index in [1.54, 1.807) is 0 Å². The minimum absolute atomic E-state index is 0.497. The molecule has 0 aromatic carbocycles. The van der Waals surface area contributed by atoms with Gasteiger partial charge in [0.05, 0.1) is 11.9 Å². The van der Waals surface area contributed by atoms with E-state index in [1.807, 2.05) is 6.20 Å². The Morgan fingerprint density at radius 2 is 2.15 bits per heavy atom. The quantitative estimate of drug-likeness (QED) is 0.647. The lowest BCUT2D eigenvalue weighted by Gasteiger charge is -2.45. The van der Waals surface area contributed by atoms with Gasteiger partial charge in [0, 0.05) is 25.7 Å². The molecule has 0 bridgehead atoms. The number of fused-ring (bicyclic) bond motifs is 1. The maximum absolute atomic E-state index is 5.48. The summed E-state index contributed by atoms with van der Waals surface area (Å²) in [5, 5.41) is 0. The maximum atomic E-state index is 5.48. The van der Waals surface area contributed by atoms with Crippen LogP contribution in [0.4, 0.5) is 17.5 Å². The summed E-state index contributed by atoms with van der Waals surface area (Å²) in [4.78, 5) is 13.7. The second-order valence-corrected chi connectivity index (χ2v) is 5.83. The monoisotopic (exact) mass is 276 g/mol. The van der Waals surface area contributed by atoms with Gasteiger partial charge in [-0.3, -0.25) is 5.43 Å². The molecule has 6 heteroatoms. The molecule has 2 heterocycles. The van der Waals surface area contributed by atoms with Gasteiger partial charge in [-0.1, -0.05) is 19.8 Å². The Bertz CT molecular complexity index is 471. The van der Waals surface area contributed by atoms with Crippen LogP contribution in [0.3, 0.4) is 0 Å². The van der Waals surface area contributed by atoms with E-state index in [0.29, 0.717) is 18.0 Å². The third-order valence-electron chi connectivity index (χ3n) is 4.60. The van der Waals surface area contributed by atoms with Crippen molar-refractivity contribution in [2.45, 2.75) is 51.1 Å². The van der Waals surface area contributed by atoms with Crippen LogP contribution in [0.1, 0.15) is 39.0 Å². The Morgan fingerprint density at radius 3 is 2.80 bits per heavy atom. The minimum Gasteiger partial charge on any atom is -0.368 e. The lowest BCUT2D eigenvalue weighted by Crippen LogP contribution is -2.52. The first kappa shape index (κ1) is 13.4. The van der Waals surface area contributed by atoms with Gasteiger partial charge in [0.2, 0.25) is 5.95 Å². The molecule has 2 aliphatic rings. The first-order valence-electron chi connectivity index (χ1n) is 7.57. The fourth-order valence-electron chi connectivity index (χ4n) is 3.55. The summed E-state index contributed by atoms with van der Waals surface area (Å²) in [7, 11) is 2.12. The molecule has 0 spiro atoms. The molecule has 3 N–H and O–H groups in total. The average Bonchev–Trinajstić information content (AvgIpc) is 3.00. The zero-order chi connectivity index (χ0) is 14.1. The van der Waals surface area contributed by atoms with Crippen molar-refractivity contribution in [1.29, 1.82) is 0 Å².